The summed E-state index contributed by atoms with van der Waals surface area (Å²) in [7, 11) is 0. The molecule has 0 aliphatic heterocycles. The Hall–Kier alpha value is -1.92. The number of rotatable bonds is 6. The Bertz CT molecular complexity index is 432. The molecule has 0 radical (unpaired) electrons. The maximum absolute atomic E-state index is 11.8. The number of aromatic nitrogens is 3. The number of carboxylic acids is 1. The Kier molecular flexibility index (Phi) is 4.48. The van der Waals surface area contributed by atoms with E-state index >= 15 is 0 Å². The standard InChI is InChI=1S/C12H18N4O3/c17-11(8-3-4-9(6-8)12(18)19)13-5-1-2-10-14-7-15-16-10/h7-9H,1-6H2,(H,13,17)(H,18,19)(H,14,15,16). The molecular weight excluding hydrogens is 248 g/mol. The van der Waals surface area contributed by atoms with Crippen molar-refractivity contribution >= 4 is 11.9 Å². The summed E-state index contributed by atoms with van der Waals surface area (Å²) in [6.07, 6.45) is 4.72. The van der Waals surface area contributed by atoms with Crippen molar-refractivity contribution in [3.05, 3.63) is 12.2 Å². The van der Waals surface area contributed by atoms with E-state index in [0.29, 0.717) is 25.8 Å². The number of H-pyrrole nitrogens is 1. The van der Waals surface area contributed by atoms with Crippen LogP contribution in [0.3, 0.4) is 0 Å². The topological polar surface area (TPSA) is 108 Å². The fourth-order valence-electron chi connectivity index (χ4n) is 2.41. The molecule has 19 heavy (non-hydrogen) atoms. The monoisotopic (exact) mass is 266 g/mol. The summed E-state index contributed by atoms with van der Waals surface area (Å²) in [5, 5.41) is 18.2. The van der Waals surface area contributed by atoms with E-state index in [9.17, 15) is 9.59 Å². The third-order valence-electron chi connectivity index (χ3n) is 3.51. The first-order valence-corrected chi connectivity index (χ1v) is 6.51. The lowest BCUT2D eigenvalue weighted by molar-refractivity contribution is -0.141. The third kappa shape index (κ3) is 3.77. The molecule has 1 aliphatic carbocycles. The molecule has 1 aliphatic rings. The van der Waals surface area contributed by atoms with E-state index in [1.165, 1.54) is 6.33 Å². The van der Waals surface area contributed by atoms with Gasteiger partial charge in [0.25, 0.3) is 0 Å². The average molecular weight is 266 g/mol. The average Bonchev–Trinajstić information content (AvgIpc) is 3.05. The number of nitrogens with one attached hydrogen (secondary N) is 2. The predicted molar refractivity (Wildman–Crippen MR) is 66.2 cm³/mol. The highest BCUT2D eigenvalue weighted by Crippen LogP contribution is 2.30. The minimum Gasteiger partial charge on any atom is -0.481 e. The number of aliphatic carboxylic acids is 1. The zero-order chi connectivity index (χ0) is 13.7. The molecular formula is C12H18N4O3. The molecule has 0 spiro atoms. The number of hydrogen-bond acceptors (Lipinski definition) is 4. The number of nitrogens with zero attached hydrogens (tertiary/aromatic N) is 2. The van der Waals surface area contributed by atoms with Crippen molar-refractivity contribution in [3.8, 4) is 0 Å². The van der Waals surface area contributed by atoms with Crippen LogP contribution in [0.15, 0.2) is 6.33 Å². The molecule has 7 nitrogen and oxygen atoms in total. The zero-order valence-corrected chi connectivity index (χ0v) is 10.6. The van der Waals surface area contributed by atoms with Crippen LogP contribution in [0.1, 0.15) is 31.5 Å². The summed E-state index contributed by atoms with van der Waals surface area (Å²) >= 11 is 0. The summed E-state index contributed by atoms with van der Waals surface area (Å²) in [6, 6.07) is 0. The second-order valence-electron chi connectivity index (χ2n) is 4.87. The first kappa shape index (κ1) is 13.5. The lowest BCUT2D eigenvalue weighted by Crippen LogP contribution is -2.30. The van der Waals surface area contributed by atoms with Gasteiger partial charge in [-0.05, 0) is 25.7 Å². The summed E-state index contributed by atoms with van der Waals surface area (Å²) < 4.78 is 0. The van der Waals surface area contributed by atoms with Crippen LogP contribution in [-0.4, -0.2) is 38.7 Å². The smallest absolute Gasteiger partial charge is 0.306 e. The van der Waals surface area contributed by atoms with Gasteiger partial charge in [-0.1, -0.05) is 0 Å². The van der Waals surface area contributed by atoms with Crippen molar-refractivity contribution in [2.24, 2.45) is 11.8 Å². The molecule has 104 valence electrons. The van der Waals surface area contributed by atoms with E-state index in [4.69, 9.17) is 5.11 Å². The van der Waals surface area contributed by atoms with Crippen LogP contribution in [0.25, 0.3) is 0 Å². The van der Waals surface area contributed by atoms with Gasteiger partial charge < -0.3 is 10.4 Å². The van der Waals surface area contributed by atoms with Crippen LogP contribution in [-0.2, 0) is 16.0 Å². The number of aryl methyl sites for hydroxylation is 1. The van der Waals surface area contributed by atoms with Crippen LogP contribution in [0.4, 0.5) is 0 Å². The van der Waals surface area contributed by atoms with Gasteiger partial charge in [0.05, 0.1) is 5.92 Å². The van der Waals surface area contributed by atoms with Gasteiger partial charge in [0, 0.05) is 18.9 Å². The molecule has 0 saturated heterocycles. The van der Waals surface area contributed by atoms with Crippen LogP contribution < -0.4 is 5.32 Å². The van der Waals surface area contributed by atoms with Crippen molar-refractivity contribution in [2.45, 2.75) is 32.1 Å². The Morgan fingerprint density at radius 3 is 2.84 bits per heavy atom. The minimum atomic E-state index is -0.791. The van der Waals surface area contributed by atoms with E-state index in [1.807, 2.05) is 0 Å². The minimum absolute atomic E-state index is 0.0266. The molecule has 2 unspecified atom stereocenters. The number of carbonyl (C=O) groups is 2. The molecule has 1 saturated carbocycles. The maximum atomic E-state index is 11.8. The van der Waals surface area contributed by atoms with Gasteiger partial charge in [0.1, 0.15) is 12.2 Å². The zero-order valence-electron chi connectivity index (χ0n) is 10.6. The van der Waals surface area contributed by atoms with Crippen molar-refractivity contribution < 1.29 is 14.7 Å². The second-order valence-corrected chi connectivity index (χ2v) is 4.87. The fraction of sp³-hybridized carbons (Fsp3) is 0.667. The first-order chi connectivity index (χ1) is 9.16. The molecule has 2 atom stereocenters. The van der Waals surface area contributed by atoms with Crippen molar-refractivity contribution in [3.63, 3.8) is 0 Å². The fourth-order valence-corrected chi connectivity index (χ4v) is 2.41. The Labute approximate surface area is 110 Å². The van der Waals surface area contributed by atoms with Gasteiger partial charge >= 0.3 is 5.97 Å². The summed E-state index contributed by atoms with van der Waals surface area (Å²) in [4.78, 5) is 26.6. The van der Waals surface area contributed by atoms with Crippen molar-refractivity contribution in [1.82, 2.24) is 20.5 Å². The number of aromatic amines is 1. The van der Waals surface area contributed by atoms with Gasteiger partial charge in [0.2, 0.25) is 5.91 Å². The quantitative estimate of drug-likeness (QED) is 0.644. The Morgan fingerprint density at radius 2 is 2.21 bits per heavy atom. The Morgan fingerprint density at radius 1 is 1.42 bits per heavy atom. The predicted octanol–water partition coefficient (Wildman–Crippen LogP) is 0.354. The first-order valence-electron chi connectivity index (χ1n) is 6.51. The largest absolute Gasteiger partial charge is 0.481 e. The van der Waals surface area contributed by atoms with E-state index in [0.717, 1.165) is 18.7 Å². The van der Waals surface area contributed by atoms with Crippen LogP contribution >= 0.6 is 0 Å². The molecule has 1 fully saturated rings. The number of amides is 1. The molecule has 1 aromatic heterocycles. The number of carboxylic acid groups (broad SMARTS) is 1. The van der Waals surface area contributed by atoms with Gasteiger partial charge in [-0.15, -0.1) is 0 Å². The lowest BCUT2D eigenvalue weighted by atomic mass is 10.0. The second kappa shape index (κ2) is 6.31. The van der Waals surface area contributed by atoms with E-state index in [2.05, 4.69) is 20.5 Å². The van der Waals surface area contributed by atoms with Crippen LogP contribution in [0.2, 0.25) is 0 Å². The molecule has 7 heteroatoms. The number of hydrogen-bond donors (Lipinski definition) is 3. The van der Waals surface area contributed by atoms with Crippen molar-refractivity contribution in [2.75, 3.05) is 6.54 Å². The van der Waals surface area contributed by atoms with Gasteiger partial charge in [-0.25, -0.2) is 4.98 Å². The van der Waals surface area contributed by atoms with E-state index < -0.39 is 5.97 Å². The highest BCUT2D eigenvalue weighted by Gasteiger charge is 2.33. The summed E-state index contributed by atoms with van der Waals surface area (Å²) in [5.74, 6) is -0.515. The highest BCUT2D eigenvalue weighted by atomic mass is 16.4. The normalized spacial score (nSPS) is 22.3. The van der Waals surface area contributed by atoms with Gasteiger partial charge in [-0.3, -0.25) is 14.7 Å². The van der Waals surface area contributed by atoms with Crippen molar-refractivity contribution in [1.29, 1.82) is 0 Å². The molecule has 0 bridgehead atoms. The molecule has 3 N–H and O–H groups in total. The highest BCUT2D eigenvalue weighted by molar-refractivity contribution is 5.80. The number of carbonyl (C=O) groups excluding carboxylic acids is 1. The lowest BCUT2D eigenvalue weighted by Gasteiger charge is -2.10. The molecule has 2 rings (SSSR count). The molecule has 1 amide bonds. The third-order valence-corrected chi connectivity index (χ3v) is 3.51. The van der Waals surface area contributed by atoms with E-state index in [-0.39, 0.29) is 17.7 Å². The SMILES string of the molecule is O=C(O)C1CCC(C(=O)NCCCc2ncn[nH]2)C1. The van der Waals surface area contributed by atoms with Crippen LogP contribution in [0.5, 0.6) is 0 Å². The summed E-state index contributed by atoms with van der Waals surface area (Å²) in [5.41, 5.74) is 0. The molecule has 0 aromatic carbocycles. The molecule has 1 heterocycles. The summed E-state index contributed by atoms with van der Waals surface area (Å²) in [6.45, 7) is 0.577. The molecule has 1 aromatic rings. The van der Waals surface area contributed by atoms with Crippen LogP contribution in [0, 0.1) is 11.8 Å². The van der Waals surface area contributed by atoms with E-state index in [1.54, 1.807) is 0 Å². The van der Waals surface area contributed by atoms with Gasteiger partial charge in [-0.2, -0.15) is 5.10 Å². The van der Waals surface area contributed by atoms with Gasteiger partial charge in [0.15, 0.2) is 0 Å². The Balaban J connectivity index is 1.63. The maximum Gasteiger partial charge on any atom is 0.306 e.